The average Bonchev–Trinajstić information content (AvgIpc) is 3.24. The molecular formula is C52H40N2. The van der Waals surface area contributed by atoms with Gasteiger partial charge < -0.3 is 9.80 Å². The normalized spacial score (nSPS) is 11.1. The van der Waals surface area contributed by atoms with Crippen LogP contribution in [0.25, 0.3) is 43.8 Å². The minimum absolute atomic E-state index is 1.11. The minimum Gasteiger partial charge on any atom is -0.309 e. The van der Waals surface area contributed by atoms with Crippen molar-refractivity contribution in [3.05, 3.63) is 217 Å². The van der Waals surface area contributed by atoms with Gasteiger partial charge in [-0.25, -0.2) is 0 Å². The Bertz CT molecular complexity index is 2470. The molecule has 0 spiro atoms. The zero-order valence-corrected chi connectivity index (χ0v) is 30.5. The summed E-state index contributed by atoms with van der Waals surface area (Å²) in [5.41, 5.74) is 13.9. The molecule has 0 heterocycles. The summed E-state index contributed by atoms with van der Waals surface area (Å²) < 4.78 is 0. The maximum Gasteiger partial charge on any atom is 0.0620 e. The molecule has 54 heavy (non-hydrogen) atoms. The number of rotatable bonds is 8. The van der Waals surface area contributed by atoms with E-state index >= 15 is 0 Å². The lowest BCUT2D eigenvalue weighted by Gasteiger charge is -2.34. The molecule has 258 valence electrons. The Labute approximate surface area is 317 Å². The third kappa shape index (κ3) is 5.98. The predicted molar refractivity (Wildman–Crippen MR) is 231 cm³/mol. The van der Waals surface area contributed by atoms with Crippen LogP contribution in [0.2, 0.25) is 0 Å². The van der Waals surface area contributed by atoms with Gasteiger partial charge >= 0.3 is 0 Å². The first-order valence-electron chi connectivity index (χ1n) is 18.6. The molecule has 0 aliphatic rings. The molecule has 0 aliphatic heterocycles. The molecule has 0 saturated heterocycles. The molecule has 9 aromatic rings. The van der Waals surface area contributed by atoms with Gasteiger partial charge in [0.1, 0.15) is 0 Å². The second kappa shape index (κ2) is 14.3. The molecule has 0 saturated carbocycles. The van der Waals surface area contributed by atoms with Gasteiger partial charge in [0, 0.05) is 44.0 Å². The molecule has 0 atom stereocenters. The summed E-state index contributed by atoms with van der Waals surface area (Å²) in [7, 11) is 0. The van der Waals surface area contributed by atoms with Gasteiger partial charge in [-0.05, 0) is 61.4 Å². The van der Waals surface area contributed by atoms with Crippen LogP contribution in [-0.4, -0.2) is 0 Å². The summed E-state index contributed by atoms with van der Waals surface area (Å²) in [5, 5.41) is 4.68. The van der Waals surface area contributed by atoms with Crippen molar-refractivity contribution in [1.82, 2.24) is 0 Å². The van der Waals surface area contributed by atoms with E-state index in [2.05, 4.69) is 230 Å². The van der Waals surface area contributed by atoms with Crippen LogP contribution in [0.1, 0.15) is 11.1 Å². The molecule has 2 heteroatoms. The minimum atomic E-state index is 1.11. The van der Waals surface area contributed by atoms with Crippen molar-refractivity contribution in [1.29, 1.82) is 0 Å². The number of nitrogens with zero attached hydrogens (tertiary/aromatic N) is 2. The summed E-state index contributed by atoms with van der Waals surface area (Å²) in [6.45, 7) is 4.30. The van der Waals surface area contributed by atoms with Crippen molar-refractivity contribution in [3.8, 4) is 22.3 Å². The third-order valence-electron chi connectivity index (χ3n) is 10.4. The summed E-state index contributed by atoms with van der Waals surface area (Å²) in [6, 6.07) is 74.8. The summed E-state index contributed by atoms with van der Waals surface area (Å²) in [5.74, 6) is 0. The largest absolute Gasteiger partial charge is 0.309 e. The molecule has 0 aliphatic carbocycles. The van der Waals surface area contributed by atoms with Crippen LogP contribution in [0.4, 0.5) is 34.1 Å². The number of aryl methyl sites for hydroxylation is 2. The molecule has 9 rings (SSSR count). The quantitative estimate of drug-likeness (QED) is 0.116. The lowest BCUT2D eigenvalue weighted by molar-refractivity contribution is 1.28. The summed E-state index contributed by atoms with van der Waals surface area (Å²) in [6.07, 6.45) is 0. The SMILES string of the molecule is Cc1ccc(N(c2ccccc2-c2ccccc2)c2c3ccccc3c(N(c3ccc(C)cc3)c3ccccc3-c3ccccc3)c3ccccc23)cc1. The monoisotopic (exact) mass is 692 g/mol. The Hall–Kier alpha value is -6.90. The molecule has 0 unspecified atom stereocenters. The van der Waals surface area contributed by atoms with E-state index in [1.165, 1.54) is 54.9 Å². The van der Waals surface area contributed by atoms with Crippen LogP contribution in [0, 0.1) is 13.8 Å². The third-order valence-corrected chi connectivity index (χ3v) is 10.4. The fourth-order valence-electron chi connectivity index (χ4n) is 7.79. The van der Waals surface area contributed by atoms with E-state index < -0.39 is 0 Å². The van der Waals surface area contributed by atoms with Gasteiger partial charge in [-0.2, -0.15) is 0 Å². The molecule has 2 nitrogen and oxygen atoms in total. The second-order valence-electron chi connectivity index (χ2n) is 13.9. The van der Waals surface area contributed by atoms with Gasteiger partial charge in [-0.3, -0.25) is 0 Å². The van der Waals surface area contributed by atoms with Crippen LogP contribution in [-0.2, 0) is 0 Å². The fraction of sp³-hybridized carbons (Fsp3) is 0.0385. The Morgan fingerprint density at radius 3 is 0.926 bits per heavy atom. The highest BCUT2D eigenvalue weighted by Crippen LogP contribution is 2.53. The number of anilines is 6. The first-order valence-corrected chi connectivity index (χ1v) is 18.6. The molecule has 9 aromatic carbocycles. The molecule has 0 N–H and O–H groups in total. The van der Waals surface area contributed by atoms with E-state index in [0.29, 0.717) is 0 Å². The van der Waals surface area contributed by atoms with Crippen LogP contribution in [0.15, 0.2) is 206 Å². The van der Waals surface area contributed by atoms with Crippen LogP contribution < -0.4 is 9.80 Å². The zero-order chi connectivity index (χ0) is 36.4. The van der Waals surface area contributed by atoms with Crippen LogP contribution in [0.5, 0.6) is 0 Å². The summed E-state index contributed by atoms with van der Waals surface area (Å²) in [4.78, 5) is 4.95. The number of hydrogen-bond acceptors (Lipinski definition) is 2. The van der Waals surface area contributed by atoms with Crippen molar-refractivity contribution in [3.63, 3.8) is 0 Å². The Kier molecular flexibility index (Phi) is 8.70. The van der Waals surface area contributed by atoms with Crippen LogP contribution in [0.3, 0.4) is 0 Å². The molecule has 0 bridgehead atoms. The molecule has 0 radical (unpaired) electrons. The van der Waals surface area contributed by atoms with E-state index in [1.807, 2.05) is 0 Å². The van der Waals surface area contributed by atoms with Crippen molar-refractivity contribution >= 4 is 55.7 Å². The smallest absolute Gasteiger partial charge is 0.0620 e. The highest BCUT2D eigenvalue weighted by atomic mass is 15.2. The van der Waals surface area contributed by atoms with Gasteiger partial charge in [0.25, 0.3) is 0 Å². The van der Waals surface area contributed by atoms with Gasteiger partial charge in [0.2, 0.25) is 0 Å². The van der Waals surface area contributed by atoms with Gasteiger partial charge in [0.15, 0.2) is 0 Å². The lowest BCUT2D eigenvalue weighted by atomic mass is 9.93. The lowest BCUT2D eigenvalue weighted by Crippen LogP contribution is -2.15. The first kappa shape index (κ1) is 33.0. The standard InChI is InChI=1S/C52H40N2/c1-37-29-33-41(34-30-37)53(49-27-15-13-21-43(49)39-17-5-3-6-18-39)51-45-23-9-11-25-47(45)52(48-26-12-10-24-46(48)51)54(42-35-31-38(2)32-36-42)50-28-16-14-22-44(50)40-19-7-4-8-20-40/h3-36H,1-2H3. The zero-order valence-electron chi connectivity index (χ0n) is 30.5. The van der Waals surface area contributed by atoms with E-state index in [9.17, 15) is 0 Å². The predicted octanol–water partition coefficient (Wildman–Crippen LogP) is 14.9. The first-order chi connectivity index (χ1) is 26.7. The Balaban J connectivity index is 1.40. The Morgan fingerprint density at radius 1 is 0.278 bits per heavy atom. The highest BCUT2D eigenvalue weighted by molar-refractivity contribution is 6.24. The van der Waals surface area contributed by atoms with Gasteiger partial charge in [0.05, 0.1) is 22.7 Å². The highest BCUT2D eigenvalue weighted by Gasteiger charge is 2.27. The van der Waals surface area contributed by atoms with Crippen molar-refractivity contribution in [2.75, 3.05) is 9.80 Å². The number of fused-ring (bicyclic) bond motifs is 2. The number of para-hydroxylation sites is 2. The van der Waals surface area contributed by atoms with Crippen molar-refractivity contribution in [2.45, 2.75) is 13.8 Å². The maximum atomic E-state index is 2.48. The molecular weight excluding hydrogens is 653 g/mol. The number of benzene rings is 9. The van der Waals surface area contributed by atoms with Crippen molar-refractivity contribution < 1.29 is 0 Å². The van der Waals surface area contributed by atoms with E-state index in [4.69, 9.17) is 0 Å². The molecule has 0 fully saturated rings. The van der Waals surface area contributed by atoms with E-state index in [-0.39, 0.29) is 0 Å². The molecule has 0 amide bonds. The Morgan fingerprint density at radius 2 is 0.574 bits per heavy atom. The average molecular weight is 693 g/mol. The van der Waals surface area contributed by atoms with Crippen LogP contribution >= 0.6 is 0 Å². The molecule has 0 aromatic heterocycles. The van der Waals surface area contributed by atoms with Gasteiger partial charge in [-0.1, -0.05) is 181 Å². The van der Waals surface area contributed by atoms with E-state index in [0.717, 1.165) is 34.1 Å². The maximum absolute atomic E-state index is 2.48. The summed E-state index contributed by atoms with van der Waals surface area (Å²) >= 11 is 0. The number of hydrogen-bond donors (Lipinski definition) is 0. The topological polar surface area (TPSA) is 6.48 Å². The van der Waals surface area contributed by atoms with E-state index in [1.54, 1.807) is 0 Å². The second-order valence-corrected chi connectivity index (χ2v) is 13.9. The van der Waals surface area contributed by atoms with Gasteiger partial charge in [-0.15, -0.1) is 0 Å². The van der Waals surface area contributed by atoms with Crippen molar-refractivity contribution in [2.24, 2.45) is 0 Å². The fourth-order valence-corrected chi connectivity index (χ4v) is 7.79.